The Morgan fingerprint density at radius 3 is 2.54 bits per heavy atom. The lowest BCUT2D eigenvalue weighted by Crippen LogP contribution is -2.15. The summed E-state index contributed by atoms with van der Waals surface area (Å²) in [5.41, 5.74) is 0.872. The molecule has 0 saturated carbocycles. The summed E-state index contributed by atoms with van der Waals surface area (Å²) < 4.78 is 38.8. The van der Waals surface area contributed by atoms with Gasteiger partial charge < -0.3 is 4.98 Å². The minimum Gasteiger partial charge on any atom is -0.324 e. The van der Waals surface area contributed by atoms with Crippen molar-refractivity contribution >= 4 is 22.9 Å². The third-order valence-electron chi connectivity index (χ3n) is 3.59. The molecule has 0 aliphatic heterocycles. The van der Waals surface area contributed by atoms with E-state index in [9.17, 15) is 18.0 Å². The molecule has 3 aromatic rings. The topological polar surface area (TPSA) is 57.8 Å². The van der Waals surface area contributed by atoms with Crippen molar-refractivity contribution in [3.05, 3.63) is 59.7 Å². The SMILES string of the molecule is O=C(CCc1ccccc1C(F)(F)F)Nc1nc2ccccc2[nH]1. The molecule has 124 valence electrons. The molecule has 2 aromatic carbocycles. The largest absolute Gasteiger partial charge is 0.416 e. The standard InChI is InChI=1S/C17H14F3N3O/c18-17(19,20)12-6-2-1-5-11(12)9-10-15(24)23-16-21-13-7-3-4-8-14(13)22-16/h1-8H,9-10H2,(H2,21,22,23,24). The van der Waals surface area contributed by atoms with Gasteiger partial charge in [0.05, 0.1) is 16.6 Å². The van der Waals surface area contributed by atoms with Crippen LogP contribution in [0.2, 0.25) is 0 Å². The molecule has 0 aliphatic rings. The first-order valence-corrected chi connectivity index (χ1v) is 7.33. The summed E-state index contributed by atoms with van der Waals surface area (Å²) in [4.78, 5) is 19.1. The number of H-pyrrole nitrogens is 1. The Morgan fingerprint density at radius 2 is 1.79 bits per heavy atom. The van der Waals surface area contributed by atoms with Crippen molar-refractivity contribution in [3.63, 3.8) is 0 Å². The van der Waals surface area contributed by atoms with Gasteiger partial charge in [0.1, 0.15) is 0 Å². The van der Waals surface area contributed by atoms with Crippen LogP contribution in [0.4, 0.5) is 19.1 Å². The maximum atomic E-state index is 12.9. The Hall–Kier alpha value is -2.83. The molecular formula is C17H14F3N3O. The molecule has 0 spiro atoms. The van der Waals surface area contributed by atoms with E-state index in [1.54, 1.807) is 6.07 Å². The molecule has 0 saturated heterocycles. The van der Waals surface area contributed by atoms with E-state index in [4.69, 9.17) is 0 Å². The van der Waals surface area contributed by atoms with E-state index in [0.29, 0.717) is 5.52 Å². The molecule has 1 amide bonds. The van der Waals surface area contributed by atoms with Crippen molar-refractivity contribution in [2.24, 2.45) is 0 Å². The number of imidazole rings is 1. The van der Waals surface area contributed by atoms with Crippen molar-refractivity contribution < 1.29 is 18.0 Å². The number of fused-ring (bicyclic) bond motifs is 1. The fraction of sp³-hybridized carbons (Fsp3) is 0.176. The van der Waals surface area contributed by atoms with Crippen molar-refractivity contribution in [3.8, 4) is 0 Å². The van der Waals surface area contributed by atoms with E-state index < -0.39 is 17.6 Å². The monoisotopic (exact) mass is 333 g/mol. The van der Waals surface area contributed by atoms with Gasteiger partial charge in [-0.25, -0.2) is 4.98 Å². The van der Waals surface area contributed by atoms with Gasteiger partial charge >= 0.3 is 6.18 Å². The van der Waals surface area contributed by atoms with Crippen LogP contribution in [0.15, 0.2) is 48.5 Å². The molecule has 0 radical (unpaired) electrons. The first kappa shape index (κ1) is 16.0. The summed E-state index contributed by atoms with van der Waals surface area (Å²) in [6.45, 7) is 0. The second kappa shape index (κ2) is 6.35. The van der Waals surface area contributed by atoms with Crippen LogP contribution in [0.3, 0.4) is 0 Å². The van der Waals surface area contributed by atoms with Crippen LogP contribution in [0.25, 0.3) is 11.0 Å². The number of halogens is 3. The lowest BCUT2D eigenvalue weighted by atomic mass is 10.0. The summed E-state index contributed by atoms with van der Waals surface area (Å²) in [6.07, 6.45) is -4.49. The smallest absolute Gasteiger partial charge is 0.324 e. The van der Waals surface area contributed by atoms with E-state index in [1.165, 1.54) is 18.2 Å². The first-order valence-electron chi connectivity index (χ1n) is 7.33. The average molecular weight is 333 g/mol. The zero-order valence-electron chi connectivity index (χ0n) is 12.5. The normalized spacial score (nSPS) is 11.6. The Kier molecular flexibility index (Phi) is 4.24. The molecular weight excluding hydrogens is 319 g/mol. The minimum atomic E-state index is -4.42. The predicted octanol–water partition coefficient (Wildman–Crippen LogP) is 4.15. The minimum absolute atomic E-state index is 0.00173. The molecule has 2 N–H and O–H groups in total. The van der Waals surface area contributed by atoms with Gasteiger partial charge in [-0.15, -0.1) is 0 Å². The summed E-state index contributed by atoms with van der Waals surface area (Å²) in [6, 6.07) is 12.5. The molecule has 0 unspecified atom stereocenters. The Bertz CT molecular complexity index is 838. The number of hydrogen-bond donors (Lipinski definition) is 2. The third kappa shape index (κ3) is 3.56. The second-order valence-electron chi connectivity index (χ2n) is 5.31. The maximum Gasteiger partial charge on any atom is 0.416 e. The van der Waals surface area contributed by atoms with Gasteiger partial charge in [0.25, 0.3) is 0 Å². The number of benzene rings is 2. The van der Waals surface area contributed by atoms with Crippen LogP contribution < -0.4 is 5.32 Å². The number of para-hydroxylation sites is 2. The molecule has 7 heteroatoms. The van der Waals surface area contributed by atoms with Gasteiger partial charge in [0.2, 0.25) is 11.9 Å². The molecule has 3 rings (SSSR count). The Labute approximate surface area is 135 Å². The lowest BCUT2D eigenvalue weighted by molar-refractivity contribution is -0.138. The number of carbonyl (C=O) groups is 1. The number of aromatic amines is 1. The summed E-state index contributed by atoms with van der Waals surface area (Å²) in [5, 5.41) is 2.57. The third-order valence-corrected chi connectivity index (χ3v) is 3.59. The van der Waals surface area contributed by atoms with Crippen molar-refractivity contribution in [2.45, 2.75) is 19.0 Å². The number of hydrogen-bond acceptors (Lipinski definition) is 2. The van der Waals surface area contributed by atoms with Crippen LogP contribution in [0.1, 0.15) is 17.5 Å². The Morgan fingerprint density at radius 1 is 1.08 bits per heavy atom. The van der Waals surface area contributed by atoms with Gasteiger partial charge in [-0.3, -0.25) is 10.1 Å². The van der Waals surface area contributed by atoms with Gasteiger partial charge in [-0.05, 0) is 30.2 Å². The number of rotatable bonds is 4. The first-order chi connectivity index (χ1) is 11.4. The summed E-state index contributed by atoms with van der Waals surface area (Å²) in [7, 11) is 0. The molecule has 0 aliphatic carbocycles. The second-order valence-corrected chi connectivity index (χ2v) is 5.31. The zero-order valence-corrected chi connectivity index (χ0v) is 12.5. The van der Waals surface area contributed by atoms with Crippen LogP contribution in [0.5, 0.6) is 0 Å². The van der Waals surface area contributed by atoms with Gasteiger partial charge in [0.15, 0.2) is 0 Å². The van der Waals surface area contributed by atoms with E-state index in [-0.39, 0.29) is 24.4 Å². The van der Waals surface area contributed by atoms with E-state index in [1.807, 2.05) is 18.2 Å². The number of amides is 1. The number of nitrogens with zero attached hydrogens (tertiary/aromatic N) is 1. The van der Waals surface area contributed by atoms with Gasteiger partial charge in [-0.2, -0.15) is 13.2 Å². The Balaban J connectivity index is 1.66. The highest BCUT2D eigenvalue weighted by molar-refractivity contribution is 5.91. The highest BCUT2D eigenvalue weighted by Gasteiger charge is 2.32. The highest BCUT2D eigenvalue weighted by Crippen LogP contribution is 2.32. The summed E-state index contributed by atoms with van der Waals surface area (Å²) >= 11 is 0. The van der Waals surface area contributed by atoms with Crippen molar-refractivity contribution in [1.82, 2.24) is 9.97 Å². The summed E-state index contributed by atoms with van der Waals surface area (Å²) in [5.74, 6) is -0.114. The number of aromatic nitrogens is 2. The van der Waals surface area contributed by atoms with E-state index in [2.05, 4.69) is 15.3 Å². The highest BCUT2D eigenvalue weighted by atomic mass is 19.4. The average Bonchev–Trinajstić information content (AvgIpc) is 2.94. The number of carbonyl (C=O) groups excluding carboxylic acids is 1. The quantitative estimate of drug-likeness (QED) is 0.753. The number of anilines is 1. The van der Waals surface area contributed by atoms with Crippen LogP contribution in [-0.4, -0.2) is 15.9 Å². The van der Waals surface area contributed by atoms with E-state index >= 15 is 0 Å². The maximum absolute atomic E-state index is 12.9. The number of alkyl halides is 3. The molecule has 0 atom stereocenters. The van der Waals surface area contributed by atoms with Crippen LogP contribution in [0, 0.1) is 0 Å². The molecule has 4 nitrogen and oxygen atoms in total. The fourth-order valence-electron chi connectivity index (χ4n) is 2.47. The molecule has 1 heterocycles. The molecule has 0 fully saturated rings. The van der Waals surface area contributed by atoms with Gasteiger partial charge in [0, 0.05) is 6.42 Å². The lowest BCUT2D eigenvalue weighted by Gasteiger charge is -2.12. The molecule has 0 bridgehead atoms. The van der Waals surface area contributed by atoms with Crippen molar-refractivity contribution in [2.75, 3.05) is 5.32 Å². The fourth-order valence-corrected chi connectivity index (χ4v) is 2.47. The van der Waals surface area contributed by atoms with E-state index in [0.717, 1.165) is 11.6 Å². The van der Waals surface area contributed by atoms with Crippen LogP contribution >= 0.6 is 0 Å². The number of aryl methyl sites for hydroxylation is 1. The number of nitrogens with one attached hydrogen (secondary N) is 2. The molecule has 1 aromatic heterocycles. The molecule has 24 heavy (non-hydrogen) atoms. The van der Waals surface area contributed by atoms with Crippen molar-refractivity contribution in [1.29, 1.82) is 0 Å². The zero-order chi connectivity index (χ0) is 17.2. The van der Waals surface area contributed by atoms with Crippen LogP contribution in [-0.2, 0) is 17.4 Å². The van der Waals surface area contributed by atoms with Gasteiger partial charge in [-0.1, -0.05) is 30.3 Å². The predicted molar refractivity (Wildman–Crippen MR) is 84.5 cm³/mol.